The Kier molecular flexibility index (Phi) is 4.80. The molecule has 0 aliphatic carbocycles. The lowest BCUT2D eigenvalue weighted by Gasteiger charge is -2.11. The molecule has 2 aromatic carbocycles. The zero-order valence-corrected chi connectivity index (χ0v) is 12.8. The van der Waals surface area contributed by atoms with Crippen molar-refractivity contribution in [3.63, 3.8) is 0 Å². The molecule has 0 saturated heterocycles. The number of rotatable bonds is 5. The molecule has 0 amide bonds. The number of nitrogens with one attached hydrogen (secondary N) is 1. The average molecular weight is 354 g/mol. The summed E-state index contributed by atoms with van der Waals surface area (Å²) in [5.41, 5.74) is 1.04. The van der Waals surface area contributed by atoms with Gasteiger partial charge < -0.3 is 15.2 Å². The first kappa shape index (κ1) is 15.3. The summed E-state index contributed by atoms with van der Waals surface area (Å²) >= 11 is 3.41. The monoisotopic (exact) mass is 353 g/mol. The quantitative estimate of drug-likeness (QED) is 0.855. The van der Waals surface area contributed by atoms with Crippen LogP contribution in [0.15, 0.2) is 40.9 Å². The zero-order valence-electron chi connectivity index (χ0n) is 11.2. The van der Waals surface area contributed by atoms with Crippen LogP contribution in [0.4, 0.5) is 10.1 Å². The van der Waals surface area contributed by atoms with Gasteiger partial charge in [0.2, 0.25) is 0 Å². The highest BCUT2D eigenvalue weighted by molar-refractivity contribution is 9.10. The molecule has 2 N–H and O–H groups in total. The summed E-state index contributed by atoms with van der Waals surface area (Å²) in [6.45, 7) is 0.331. The Balaban J connectivity index is 2.20. The number of carbonyl (C=O) groups is 1. The lowest BCUT2D eigenvalue weighted by Crippen LogP contribution is -2.05. The van der Waals surface area contributed by atoms with Crippen molar-refractivity contribution in [3.8, 4) is 5.75 Å². The molecule has 0 saturated carbocycles. The number of hydrogen-bond acceptors (Lipinski definition) is 3. The second-order valence-corrected chi connectivity index (χ2v) is 5.17. The lowest BCUT2D eigenvalue weighted by atomic mass is 10.1. The zero-order chi connectivity index (χ0) is 15.4. The summed E-state index contributed by atoms with van der Waals surface area (Å²) in [5, 5.41) is 11.8. The number of aromatic carboxylic acids is 1. The minimum absolute atomic E-state index is 0.0311. The predicted octanol–water partition coefficient (Wildman–Crippen LogP) is 3.91. The van der Waals surface area contributed by atoms with E-state index in [2.05, 4.69) is 21.2 Å². The molecule has 2 rings (SSSR count). The third-order valence-corrected chi connectivity index (χ3v) is 3.71. The van der Waals surface area contributed by atoms with Crippen molar-refractivity contribution >= 4 is 27.6 Å². The second kappa shape index (κ2) is 6.58. The van der Waals surface area contributed by atoms with E-state index in [0.717, 1.165) is 16.1 Å². The van der Waals surface area contributed by atoms with Gasteiger partial charge in [0.15, 0.2) is 0 Å². The summed E-state index contributed by atoms with van der Waals surface area (Å²) in [6.07, 6.45) is 0. The molecular weight excluding hydrogens is 341 g/mol. The van der Waals surface area contributed by atoms with Crippen molar-refractivity contribution < 1.29 is 19.0 Å². The predicted molar refractivity (Wildman–Crippen MR) is 81.4 cm³/mol. The van der Waals surface area contributed by atoms with E-state index in [-0.39, 0.29) is 11.3 Å². The third-order valence-electron chi connectivity index (χ3n) is 2.94. The first-order valence-corrected chi connectivity index (χ1v) is 6.89. The minimum Gasteiger partial charge on any atom is -0.497 e. The van der Waals surface area contributed by atoms with Crippen LogP contribution in [0, 0.1) is 5.82 Å². The molecule has 21 heavy (non-hydrogen) atoms. The van der Waals surface area contributed by atoms with Gasteiger partial charge in [-0.05, 0) is 42.0 Å². The molecule has 0 atom stereocenters. The van der Waals surface area contributed by atoms with Crippen LogP contribution in [-0.4, -0.2) is 18.2 Å². The molecule has 0 unspecified atom stereocenters. The highest BCUT2D eigenvalue weighted by Gasteiger charge is 2.09. The molecule has 2 aromatic rings. The average Bonchev–Trinajstić information content (AvgIpc) is 2.47. The van der Waals surface area contributed by atoms with Crippen molar-refractivity contribution in [2.75, 3.05) is 12.4 Å². The van der Waals surface area contributed by atoms with Crippen molar-refractivity contribution in [3.05, 3.63) is 57.8 Å². The second-order valence-electron chi connectivity index (χ2n) is 4.31. The number of ether oxygens (including phenoxy) is 1. The number of methoxy groups -OCH3 is 1. The summed E-state index contributed by atoms with van der Waals surface area (Å²) in [4.78, 5) is 10.9. The maximum absolute atomic E-state index is 13.7. The smallest absolute Gasteiger partial charge is 0.335 e. The van der Waals surface area contributed by atoms with Gasteiger partial charge in [0.05, 0.1) is 18.4 Å². The van der Waals surface area contributed by atoms with E-state index < -0.39 is 11.8 Å². The van der Waals surface area contributed by atoms with Crippen LogP contribution in [-0.2, 0) is 6.54 Å². The van der Waals surface area contributed by atoms with E-state index in [1.54, 1.807) is 13.2 Å². The fourth-order valence-electron chi connectivity index (χ4n) is 1.80. The Morgan fingerprint density at radius 1 is 1.33 bits per heavy atom. The maximum Gasteiger partial charge on any atom is 0.335 e. The normalized spacial score (nSPS) is 10.2. The van der Waals surface area contributed by atoms with E-state index in [4.69, 9.17) is 9.84 Å². The van der Waals surface area contributed by atoms with E-state index in [0.29, 0.717) is 12.3 Å². The number of benzene rings is 2. The Morgan fingerprint density at radius 3 is 2.76 bits per heavy atom. The number of carboxylic acids is 1. The highest BCUT2D eigenvalue weighted by Crippen LogP contribution is 2.24. The fraction of sp³-hybridized carbons (Fsp3) is 0.133. The van der Waals surface area contributed by atoms with Gasteiger partial charge in [0.25, 0.3) is 0 Å². The largest absolute Gasteiger partial charge is 0.497 e. The Labute approximate surface area is 129 Å². The summed E-state index contributed by atoms with van der Waals surface area (Å²) in [5.74, 6) is -0.908. The summed E-state index contributed by atoms with van der Waals surface area (Å²) in [7, 11) is 1.57. The van der Waals surface area contributed by atoms with Crippen molar-refractivity contribution in [2.45, 2.75) is 6.54 Å². The van der Waals surface area contributed by atoms with Crippen LogP contribution >= 0.6 is 15.9 Å². The SMILES string of the molecule is COc1ccc(Br)c(CNc2cc(C(=O)O)ccc2F)c1. The van der Waals surface area contributed by atoms with E-state index in [1.807, 2.05) is 12.1 Å². The third kappa shape index (κ3) is 3.72. The topological polar surface area (TPSA) is 58.6 Å². The molecule has 0 aromatic heterocycles. The van der Waals surface area contributed by atoms with Crippen molar-refractivity contribution in [2.24, 2.45) is 0 Å². The standard InChI is InChI=1S/C15H13BrFNO3/c1-21-11-3-4-12(16)10(6-11)8-18-14-7-9(15(19)20)2-5-13(14)17/h2-7,18H,8H2,1H3,(H,19,20). The first-order valence-electron chi connectivity index (χ1n) is 6.10. The molecule has 0 aliphatic rings. The van der Waals surface area contributed by atoms with Crippen LogP contribution in [0.25, 0.3) is 0 Å². The summed E-state index contributed by atoms with van der Waals surface area (Å²) < 4.78 is 19.7. The van der Waals surface area contributed by atoms with Gasteiger partial charge in [-0.2, -0.15) is 0 Å². The van der Waals surface area contributed by atoms with Crippen LogP contribution in [0.2, 0.25) is 0 Å². The first-order chi connectivity index (χ1) is 10.0. The van der Waals surface area contributed by atoms with Crippen LogP contribution in [0.5, 0.6) is 5.75 Å². The molecule has 0 aliphatic heterocycles. The van der Waals surface area contributed by atoms with E-state index in [9.17, 15) is 9.18 Å². The maximum atomic E-state index is 13.7. The molecular formula is C15H13BrFNO3. The van der Waals surface area contributed by atoms with Gasteiger partial charge in [0.1, 0.15) is 11.6 Å². The van der Waals surface area contributed by atoms with E-state index >= 15 is 0 Å². The number of halogens is 2. The number of anilines is 1. The Morgan fingerprint density at radius 2 is 2.10 bits per heavy atom. The minimum atomic E-state index is -1.10. The lowest BCUT2D eigenvalue weighted by molar-refractivity contribution is 0.0697. The van der Waals surface area contributed by atoms with Gasteiger partial charge >= 0.3 is 5.97 Å². The van der Waals surface area contributed by atoms with E-state index in [1.165, 1.54) is 12.1 Å². The molecule has 0 radical (unpaired) electrons. The van der Waals surface area contributed by atoms with Gasteiger partial charge in [0, 0.05) is 11.0 Å². The summed E-state index contributed by atoms with van der Waals surface area (Å²) in [6, 6.07) is 9.08. The van der Waals surface area contributed by atoms with Crippen LogP contribution < -0.4 is 10.1 Å². The number of hydrogen-bond donors (Lipinski definition) is 2. The van der Waals surface area contributed by atoms with Gasteiger partial charge in [-0.1, -0.05) is 15.9 Å². The molecule has 0 spiro atoms. The fourth-order valence-corrected chi connectivity index (χ4v) is 2.18. The van der Waals surface area contributed by atoms with Crippen molar-refractivity contribution in [1.29, 1.82) is 0 Å². The molecule has 110 valence electrons. The van der Waals surface area contributed by atoms with Crippen LogP contribution in [0.3, 0.4) is 0 Å². The molecule has 0 heterocycles. The van der Waals surface area contributed by atoms with Crippen LogP contribution in [0.1, 0.15) is 15.9 Å². The molecule has 6 heteroatoms. The highest BCUT2D eigenvalue weighted by atomic mass is 79.9. The Hall–Kier alpha value is -2.08. The Bertz CT molecular complexity index is 676. The molecule has 4 nitrogen and oxygen atoms in total. The van der Waals surface area contributed by atoms with Gasteiger partial charge in [-0.15, -0.1) is 0 Å². The number of carboxylic acid groups (broad SMARTS) is 1. The molecule has 0 bridgehead atoms. The van der Waals surface area contributed by atoms with Gasteiger partial charge in [-0.3, -0.25) is 0 Å². The van der Waals surface area contributed by atoms with Gasteiger partial charge in [-0.25, -0.2) is 9.18 Å². The van der Waals surface area contributed by atoms with Crippen molar-refractivity contribution in [1.82, 2.24) is 0 Å². The molecule has 0 fully saturated rings.